The van der Waals surface area contributed by atoms with Gasteiger partial charge in [0, 0.05) is 49.1 Å². The molecule has 2 aromatic heterocycles. The molecule has 5 rings (SSSR count). The molecule has 0 saturated carbocycles. The minimum Gasteiger partial charge on any atom is -0.459 e. The summed E-state index contributed by atoms with van der Waals surface area (Å²) in [6.45, 7) is 1.49. The lowest BCUT2D eigenvalue weighted by Gasteiger charge is -2.32. The number of piperidine rings is 1. The van der Waals surface area contributed by atoms with Crippen LogP contribution in [0.15, 0.2) is 73.3 Å². The van der Waals surface area contributed by atoms with E-state index in [4.69, 9.17) is 9.47 Å². The van der Waals surface area contributed by atoms with E-state index in [9.17, 15) is 4.79 Å². The van der Waals surface area contributed by atoms with Crippen molar-refractivity contribution in [1.29, 1.82) is 0 Å². The molecule has 8 nitrogen and oxygen atoms in total. The summed E-state index contributed by atoms with van der Waals surface area (Å²) in [6, 6.07) is 15.0. The summed E-state index contributed by atoms with van der Waals surface area (Å²) in [5.41, 5.74) is 0.439. The van der Waals surface area contributed by atoms with Crippen molar-refractivity contribution >= 4 is 22.6 Å². The Morgan fingerprint density at radius 1 is 1.00 bits per heavy atom. The van der Waals surface area contributed by atoms with Crippen LogP contribution in [0.4, 0.5) is 5.82 Å². The quantitative estimate of drug-likeness (QED) is 0.441. The van der Waals surface area contributed by atoms with Crippen molar-refractivity contribution < 1.29 is 14.3 Å². The zero-order chi connectivity index (χ0) is 21.8. The molecule has 0 amide bonds. The third-order valence-corrected chi connectivity index (χ3v) is 5.40. The van der Waals surface area contributed by atoms with Crippen LogP contribution < -0.4 is 9.64 Å². The third-order valence-electron chi connectivity index (χ3n) is 5.40. The molecule has 0 bridgehead atoms. The maximum atomic E-state index is 12.7. The molecular weight excluding hydrogens is 406 g/mol. The van der Waals surface area contributed by atoms with Gasteiger partial charge in [0.1, 0.15) is 11.9 Å². The molecule has 0 atom stereocenters. The summed E-state index contributed by atoms with van der Waals surface area (Å²) in [5.74, 6) is 1.38. The van der Waals surface area contributed by atoms with Crippen molar-refractivity contribution in [3.8, 4) is 11.6 Å². The third kappa shape index (κ3) is 4.34. The van der Waals surface area contributed by atoms with Crippen molar-refractivity contribution in [3.63, 3.8) is 0 Å². The lowest BCUT2D eigenvalue weighted by molar-refractivity contribution is 0.0244. The van der Waals surface area contributed by atoms with Gasteiger partial charge in [-0.1, -0.05) is 30.3 Å². The fraction of sp³-hybridized carbons (Fsp3) is 0.208. The van der Waals surface area contributed by atoms with E-state index in [1.807, 2.05) is 18.2 Å². The van der Waals surface area contributed by atoms with Crippen LogP contribution in [0, 0.1) is 0 Å². The highest BCUT2D eigenvalue weighted by atomic mass is 16.5. The van der Waals surface area contributed by atoms with E-state index in [1.54, 1.807) is 42.9 Å². The maximum Gasteiger partial charge on any atom is 0.338 e. The minimum absolute atomic E-state index is 0.147. The number of fused-ring (bicyclic) bond motifs is 1. The van der Waals surface area contributed by atoms with Crippen molar-refractivity contribution in [2.45, 2.75) is 18.9 Å². The second-order valence-corrected chi connectivity index (χ2v) is 7.52. The van der Waals surface area contributed by atoms with E-state index in [0.717, 1.165) is 42.5 Å². The highest BCUT2D eigenvalue weighted by Gasteiger charge is 2.25. The second kappa shape index (κ2) is 8.97. The van der Waals surface area contributed by atoms with E-state index in [2.05, 4.69) is 31.1 Å². The standard InChI is InChI=1S/C24H21N5O3/c30-24(17-5-3-6-20(14-17)31-22-16-25-10-11-26-22)32-19-8-12-29(13-9-19)23-21-7-2-1-4-18(21)15-27-28-23/h1-7,10-11,14-16,19H,8-9,12-13H2. The van der Waals surface area contributed by atoms with Crippen molar-refractivity contribution in [2.24, 2.45) is 0 Å². The topological polar surface area (TPSA) is 90.3 Å². The number of ether oxygens (including phenoxy) is 2. The number of carbonyl (C=O) groups excluding carboxylic acids is 1. The molecule has 0 N–H and O–H groups in total. The molecule has 1 aliphatic rings. The summed E-state index contributed by atoms with van der Waals surface area (Å²) in [4.78, 5) is 23.0. The Hall–Kier alpha value is -4.07. The summed E-state index contributed by atoms with van der Waals surface area (Å²) in [7, 11) is 0. The lowest BCUT2D eigenvalue weighted by Crippen LogP contribution is -2.38. The minimum atomic E-state index is -0.363. The first-order valence-electron chi connectivity index (χ1n) is 10.5. The fourth-order valence-corrected chi connectivity index (χ4v) is 3.80. The summed E-state index contributed by atoms with van der Waals surface area (Å²) < 4.78 is 11.4. The normalized spacial score (nSPS) is 14.3. The molecule has 8 heteroatoms. The van der Waals surface area contributed by atoms with E-state index < -0.39 is 0 Å². The monoisotopic (exact) mass is 427 g/mol. The number of hydrogen-bond donors (Lipinski definition) is 0. The molecule has 1 fully saturated rings. The second-order valence-electron chi connectivity index (χ2n) is 7.52. The van der Waals surface area contributed by atoms with Gasteiger partial charge in [-0.05, 0) is 18.2 Å². The van der Waals surface area contributed by atoms with Crippen LogP contribution in [-0.4, -0.2) is 45.3 Å². The average molecular weight is 427 g/mol. The molecular formula is C24H21N5O3. The zero-order valence-corrected chi connectivity index (χ0v) is 17.3. The molecule has 160 valence electrons. The SMILES string of the molecule is O=C(OC1CCN(c2nncc3ccccc23)CC1)c1cccc(Oc2cnccn2)c1. The van der Waals surface area contributed by atoms with Gasteiger partial charge in [0.15, 0.2) is 5.82 Å². The van der Waals surface area contributed by atoms with Crippen molar-refractivity contribution in [3.05, 3.63) is 78.9 Å². The number of hydrogen-bond acceptors (Lipinski definition) is 8. The van der Waals surface area contributed by atoms with Crippen LogP contribution in [0.5, 0.6) is 11.6 Å². The van der Waals surface area contributed by atoms with Gasteiger partial charge >= 0.3 is 5.97 Å². The van der Waals surface area contributed by atoms with E-state index in [1.165, 1.54) is 6.20 Å². The Kier molecular flexibility index (Phi) is 5.57. The van der Waals surface area contributed by atoms with Crippen LogP contribution in [0.1, 0.15) is 23.2 Å². The molecule has 2 aromatic carbocycles. The predicted octanol–water partition coefficient (Wildman–Crippen LogP) is 4.04. The largest absolute Gasteiger partial charge is 0.459 e. The molecule has 0 spiro atoms. The first-order valence-corrected chi connectivity index (χ1v) is 10.5. The predicted molar refractivity (Wildman–Crippen MR) is 119 cm³/mol. The Morgan fingerprint density at radius 3 is 2.72 bits per heavy atom. The summed E-state index contributed by atoms with van der Waals surface area (Å²) >= 11 is 0. The molecule has 32 heavy (non-hydrogen) atoms. The van der Waals surface area contributed by atoms with Crippen LogP contribution in [0.2, 0.25) is 0 Å². The van der Waals surface area contributed by atoms with Gasteiger partial charge in [-0.3, -0.25) is 4.98 Å². The van der Waals surface area contributed by atoms with Crippen molar-refractivity contribution in [2.75, 3.05) is 18.0 Å². The van der Waals surface area contributed by atoms with Gasteiger partial charge in [0.05, 0.1) is 18.0 Å². The van der Waals surface area contributed by atoms with Gasteiger partial charge in [0.2, 0.25) is 5.88 Å². The Morgan fingerprint density at radius 2 is 1.88 bits per heavy atom. The van der Waals surface area contributed by atoms with Crippen LogP contribution in [0.25, 0.3) is 10.8 Å². The van der Waals surface area contributed by atoms with E-state index >= 15 is 0 Å². The Labute approximate surface area is 184 Å². The van der Waals surface area contributed by atoms with E-state index in [0.29, 0.717) is 17.2 Å². The van der Waals surface area contributed by atoms with Crippen molar-refractivity contribution in [1.82, 2.24) is 20.2 Å². The van der Waals surface area contributed by atoms with Gasteiger partial charge in [-0.25, -0.2) is 9.78 Å². The Bertz CT molecular complexity index is 1220. The summed E-state index contributed by atoms with van der Waals surface area (Å²) in [6.07, 6.45) is 7.71. The van der Waals surface area contributed by atoms with Crippen LogP contribution in [0.3, 0.4) is 0 Å². The fourth-order valence-electron chi connectivity index (χ4n) is 3.80. The first kappa shape index (κ1) is 19.9. The molecule has 1 aliphatic heterocycles. The van der Waals surface area contributed by atoms with Gasteiger partial charge in [0.25, 0.3) is 0 Å². The number of aromatic nitrogens is 4. The van der Waals surface area contributed by atoms with Gasteiger partial charge in [-0.15, -0.1) is 5.10 Å². The number of esters is 1. The highest BCUT2D eigenvalue weighted by molar-refractivity contribution is 5.91. The molecule has 1 saturated heterocycles. The number of nitrogens with zero attached hydrogens (tertiary/aromatic N) is 5. The molecule has 0 unspecified atom stereocenters. The van der Waals surface area contributed by atoms with Crippen LogP contribution in [-0.2, 0) is 4.74 Å². The van der Waals surface area contributed by atoms with Gasteiger partial charge in [-0.2, -0.15) is 5.10 Å². The number of anilines is 1. The summed E-state index contributed by atoms with van der Waals surface area (Å²) in [5, 5.41) is 10.6. The lowest BCUT2D eigenvalue weighted by atomic mass is 10.1. The average Bonchev–Trinajstić information content (AvgIpc) is 2.85. The number of benzene rings is 2. The Balaban J connectivity index is 1.21. The van der Waals surface area contributed by atoms with E-state index in [-0.39, 0.29) is 12.1 Å². The molecule has 3 heterocycles. The molecule has 4 aromatic rings. The first-order chi connectivity index (χ1) is 15.8. The van der Waals surface area contributed by atoms with Gasteiger partial charge < -0.3 is 14.4 Å². The molecule has 0 aliphatic carbocycles. The maximum absolute atomic E-state index is 12.7. The smallest absolute Gasteiger partial charge is 0.338 e. The highest BCUT2D eigenvalue weighted by Crippen LogP contribution is 2.27. The molecule has 0 radical (unpaired) electrons. The zero-order valence-electron chi connectivity index (χ0n) is 17.3. The number of rotatable bonds is 5. The number of carbonyl (C=O) groups is 1. The van der Waals surface area contributed by atoms with Crippen LogP contribution >= 0.6 is 0 Å².